The van der Waals surface area contributed by atoms with Gasteiger partial charge in [0.1, 0.15) is 0 Å². The summed E-state index contributed by atoms with van der Waals surface area (Å²) in [5, 5.41) is 6.59. The van der Waals surface area contributed by atoms with Gasteiger partial charge in [0.2, 0.25) is 0 Å². The number of halogens is 3. The molecule has 4 rings (SSSR count). The maximum absolute atomic E-state index is 13.4. The number of carbonyl (C=O) groups is 1. The van der Waals surface area contributed by atoms with Gasteiger partial charge in [-0.15, -0.1) is 0 Å². The molecule has 8 heteroatoms. The van der Waals surface area contributed by atoms with E-state index in [0.29, 0.717) is 12.2 Å². The number of anilines is 1. The minimum atomic E-state index is -1.58. The van der Waals surface area contributed by atoms with Crippen molar-refractivity contribution in [2.75, 3.05) is 5.32 Å². The van der Waals surface area contributed by atoms with Crippen LogP contribution in [0.4, 0.5) is 23.7 Å². The predicted molar refractivity (Wildman–Crippen MR) is 101 cm³/mol. The lowest BCUT2D eigenvalue weighted by Gasteiger charge is -2.32. The van der Waals surface area contributed by atoms with Crippen molar-refractivity contribution in [2.45, 2.75) is 32.9 Å². The van der Waals surface area contributed by atoms with Crippen LogP contribution >= 0.6 is 0 Å². The van der Waals surface area contributed by atoms with Crippen LogP contribution < -0.4 is 5.32 Å². The molecule has 0 aliphatic carbocycles. The van der Waals surface area contributed by atoms with Crippen molar-refractivity contribution in [3.63, 3.8) is 0 Å². The van der Waals surface area contributed by atoms with Crippen LogP contribution in [-0.4, -0.2) is 22.1 Å². The zero-order valence-electron chi connectivity index (χ0n) is 15.8. The minimum Gasteiger partial charge on any atom is -0.356 e. The molecule has 29 heavy (non-hydrogen) atoms. The first-order valence-electron chi connectivity index (χ1n) is 9.10. The summed E-state index contributed by atoms with van der Waals surface area (Å²) in [4.78, 5) is 14.3. The Kier molecular flexibility index (Phi) is 4.77. The molecule has 0 saturated heterocycles. The largest absolute Gasteiger partial charge is 0.356 e. The van der Waals surface area contributed by atoms with Crippen LogP contribution in [0.3, 0.4) is 0 Å². The van der Waals surface area contributed by atoms with Crippen LogP contribution in [0.5, 0.6) is 0 Å². The number of hydrogen-bond donors (Lipinski definition) is 1. The summed E-state index contributed by atoms with van der Waals surface area (Å²) >= 11 is 0. The van der Waals surface area contributed by atoms with E-state index in [1.807, 2.05) is 38.1 Å². The average Bonchev–Trinajstić information content (AvgIpc) is 3.08. The second-order valence-electron chi connectivity index (χ2n) is 7.12. The molecule has 1 atom stereocenters. The van der Waals surface area contributed by atoms with Gasteiger partial charge in [-0.05, 0) is 19.4 Å². The molecule has 2 amide bonds. The molecule has 2 aromatic carbocycles. The number of amides is 2. The van der Waals surface area contributed by atoms with Gasteiger partial charge in [-0.1, -0.05) is 29.4 Å². The molecule has 0 radical (unpaired) electrons. The van der Waals surface area contributed by atoms with Gasteiger partial charge in [-0.25, -0.2) is 18.0 Å². The summed E-state index contributed by atoms with van der Waals surface area (Å²) in [6.45, 7) is 4.02. The Bertz CT molecular complexity index is 1070. The lowest BCUT2D eigenvalue weighted by molar-refractivity contribution is 0.182. The van der Waals surface area contributed by atoms with Gasteiger partial charge in [0.05, 0.1) is 12.2 Å². The molecule has 5 nitrogen and oxygen atoms in total. The van der Waals surface area contributed by atoms with E-state index in [4.69, 9.17) is 4.52 Å². The third-order valence-electron chi connectivity index (χ3n) is 5.10. The number of aromatic nitrogens is 1. The standard InChI is InChI=1S/C21H18F3N3O2/c1-11-5-3-4-6-14(11)20-15-10-27(12(2)7-18(15)26-29-20)21(28)25-13-8-16(22)19(24)17(23)9-13/h3-6,8-9,12H,7,10H2,1-2H3,(H,25,28)/t12-/m0/s1. The number of rotatable bonds is 2. The molecule has 0 bridgehead atoms. The Labute approximate surface area is 165 Å². The van der Waals surface area contributed by atoms with E-state index in [1.54, 1.807) is 0 Å². The summed E-state index contributed by atoms with van der Waals surface area (Å²) in [6, 6.07) is 8.41. The van der Waals surface area contributed by atoms with Crippen molar-refractivity contribution < 1.29 is 22.5 Å². The molecular weight excluding hydrogens is 383 g/mol. The number of urea groups is 1. The molecule has 1 aliphatic rings. The van der Waals surface area contributed by atoms with Crippen molar-refractivity contribution in [3.05, 3.63) is 70.7 Å². The monoisotopic (exact) mass is 401 g/mol. The number of aryl methyl sites for hydroxylation is 1. The molecule has 0 saturated carbocycles. The molecule has 2 heterocycles. The first-order valence-corrected chi connectivity index (χ1v) is 9.10. The van der Waals surface area contributed by atoms with Crippen LogP contribution in [-0.2, 0) is 13.0 Å². The quantitative estimate of drug-likeness (QED) is 0.612. The fourth-order valence-electron chi connectivity index (χ4n) is 3.52. The smallest absolute Gasteiger partial charge is 0.322 e. The second kappa shape index (κ2) is 7.27. The molecule has 1 aliphatic heterocycles. The Morgan fingerprint density at radius 1 is 1.21 bits per heavy atom. The van der Waals surface area contributed by atoms with Gasteiger partial charge in [-0.2, -0.15) is 0 Å². The number of nitrogens with zero attached hydrogens (tertiary/aromatic N) is 2. The number of nitrogens with one attached hydrogen (secondary N) is 1. The molecule has 1 aromatic heterocycles. The van der Waals surface area contributed by atoms with Gasteiger partial charge in [0.15, 0.2) is 23.2 Å². The maximum atomic E-state index is 13.4. The summed E-state index contributed by atoms with van der Waals surface area (Å²) in [5.41, 5.74) is 3.31. The Balaban J connectivity index is 1.61. The van der Waals surface area contributed by atoms with E-state index in [2.05, 4.69) is 10.5 Å². The number of benzene rings is 2. The van der Waals surface area contributed by atoms with Gasteiger partial charge in [0, 0.05) is 41.4 Å². The van der Waals surface area contributed by atoms with E-state index in [-0.39, 0.29) is 18.3 Å². The highest BCUT2D eigenvalue weighted by Gasteiger charge is 2.32. The first-order chi connectivity index (χ1) is 13.8. The van der Waals surface area contributed by atoms with E-state index in [0.717, 1.165) is 34.5 Å². The highest BCUT2D eigenvalue weighted by Crippen LogP contribution is 2.34. The highest BCUT2D eigenvalue weighted by molar-refractivity contribution is 5.90. The SMILES string of the molecule is Cc1ccccc1-c1onc2c1CN(C(=O)Nc1cc(F)c(F)c(F)c1)[C@@H](C)C2. The van der Waals surface area contributed by atoms with Crippen molar-refractivity contribution in [1.29, 1.82) is 0 Å². The van der Waals surface area contributed by atoms with Crippen molar-refractivity contribution >= 4 is 11.7 Å². The highest BCUT2D eigenvalue weighted by atomic mass is 19.2. The van der Waals surface area contributed by atoms with Crippen molar-refractivity contribution in [1.82, 2.24) is 10.1 Å². The molecule has 1 N–H and O–H groups in total. The van der Waals surface area contributed by atoms with Gasteiger partial charge >= 0.3 is 6.03 Å². The lowest BCUT2D eigenvalue weighted by Crippen LogP contribution is -2.44. The summed E-state index contributed by atoms with van der Waals surface area (Å²) in [7, 11) is 0. The van der Waals surface area contributed by atoms with E-state index >= 15 is 0 Å². The fraction of sp³-hybridized carbons (Fsp3) is 0.238. The Hall–Kier alpha value is -3.29. The van der Waals surface area contributed by atoms with Crippen LogP contribution in [0, 0.1) is 24.4 Å². The fourth-order valence-corrected chi connectivity index (χ4v) is 3.52. The molecule has 0 fully saturated rings. The number of hydrogen-bond acceptors (Lipinski definition) is 3. The van der Waals surface area contributed by atoms with Crippen molar-refractivity contribution in [3.8, 4) is 11.3 Å². The lowest BCUT2D eigenvalue weighted by atomic mass is 9.96. The summed E-state index contributed by atoms with van der Waals surface area (Å²) in [6.07, 6.45) is 0.476. The zero-order chi connectivity index (χ0) is 20.7. The maximum Gasteiger partial charge on any atom is 0.322 e. The van der Waals surface area contributed by atoms with E-state index < -0.39 is 23.5 Å². The van der Waals surface area contributed by atoms with Gasteiger partial charge < -0.3 is 14.7 Å². The first kappa shape index (κ1) is 19.0. The third kappa shape index (κ3) is 3.46. The van der Waals surface area contributed by atoms with E-state index in [9.17, 15) is 18.0 Å². The second-order valence-corrected chi connectivity index (χ2v) is 7.12. The van der Waals surface area contributed by atoms with Crippen LogP contribution in [0.25, 0.3) is 11.3 Å². The molecule has 3 aromatic rings. The van der Waals surface area contributed by atoms with Crippen molar-refractivity contribution in [2.24, 2.45) is 0 Å². The normalized spacial score (nSPS) is 15.9. The predicted octanol–water partition coefficient (Wildman–Crippen LogP) is 5.05. The molecular formula is C21H18F3N3O2. The average molecular weight is 401 g/mol. The molecule has 0 unspecified atom stereocenters. The van der Waals surface area contributed by atoms with Gasteiger partial charge in [0.25, 0.3) is 0 Å². The zero-order valence-corrected chi connectivity index (χ0v) is 15.8. The van der Waals surface area contributed by atoms with Gasteiger partial charge in [-0.3, -0.25) is 0 Å². The molecule has 0 spiro atoms. The third-order valence-corrected chi connectivity index (χ3v) is 5.10. The van der Waals surface area contributed by atoms with E-state index in [1.165, 1.54) is 4.90 Å². The Morgan fingerprint density at radius 2 is 1.90 bits per heavy atom. The number of carbonyl (C=O) groups excluding carboxylic acids is 1. The Morgan fingerprint density at radius 3 is 2.59 bits per heavy atom. The number of fused-ring (bicyclic) bond motifs is 1. The summed E-state index contributed by atoms with van der Waals surface area (Å²) in [5.74, 6) is -3.71. The minimum absolute atomic E-state index is 0.158. The van der Waals surface area contributed by atoms with Crippen LogP contribution in [0.15, 0.2) is 40.9 Å². The van der Waals surface area contributed by atoms with Crippen LogP contribution in [0.2, 0.25) is 0 Å². The topological polar surface area (TPSA) is 58.4 Å². The molecule has 150 valence electrons. The summed E-state index contributed by atoms with van der Waals surface area (Å²) < 4.78 is 45.6. The van der Waals surface area contributed by atoms with Crippen LogP contribution in [0.1, 0.15) is 23.7 Å².